The van der Waals surface area contributed by atoms with Gasteiger partial charge in [0.25, 0.3) is 5.91 Å². The summed E-state index contributed by atoms with van der Waals surface area (Å²) in [4.78, 5) is 11.7. The van der Waals surface area contributed by atoms with Crippen LogP contribution in [0.15, 0.2) is 27.8 Å². The van der Waals surface area contributed by atoms with Crippen molar-refractivity contribution >= 4 is 39.1 Å². The minimum atomic E-state index is -0.295. The zero-order valence-electron chi connectivity index (χ0n) is 12.3. The lowest BCUT2D eigenvalue weighted by atomic mass is 10.1. The number of nitrogens with zero attached hydrogens (tertiary/aromatic N) is 1. The van der Waals surface area contributed by atoms with Crippen LogP contribution in [0.25, 0.3) is 0 Å². The highest BCUT2D eigenvalue weighted by atomic mass is 79.9. The number of unbranched alkanes of at least 4 members (excludes halogenated alkanes) is 1. The Morgan fingerprint density at radius 3 is 2.81 bits per heavy atom. The summed E-state index contributed by atoms with van der Waals surface area (Å²) in [5.74, 6) is 0.178. The number of hydrogen-bond acceptors (Lipinski definition) is 3. The molecule has 1 amide bonds. The van der Waals surface area contributed by atoms with Gasteiger partial charge < -0.3 is 4.74 Å². The van der Waals surface area contributed by atoms with Crippen molar-refractivity contribution in [3.8, 4) is 5.75 Å². The van der Waals surface area contributed by atoms with E-state index in [-0.39, 0.29) is 12.5 Å². The van der Waals surface area contributed by atoms with Gasteiger partial charge in [-0.3, -0.25) is 4.79 Å². The zero-order chi connectivity index (χ0) is 15.7. The first-order chi connectivity index (χ1) is 10.1. The Balaban J connectivity index is 2.44. The van der Waals surface area contributed by atoms with Gasteiger partial charge in [0.2, 0.25) is 0 Å². The van der Waals surface area contributed by atoms with Crippen molar-refractivity contribution in [2.75, 3.05) is 6.61 Å². The van der Waals surface area contributed by atoms with Crippen LogP contribution in [0.3, 0.4) is 0 Å². The molecule has 0 radical (unpaired) electrons. The molecule has 0 fully saturated rings. The summed E-state index contributed by atoms with van der Waals surface area (Å²) in [7, 11) is 0. The van der Waals surface area contributed by atoms with Gasteiger partial charge in [0.15, 0.2) is 6.61 Å². The van der Waals surface area contributed by atoms with E-state index in [2.05, 4.69) is 33.4 Å². The molecular weight excluding hydrogens is 356 g/mol. The quantitative estimate of drug-likeness (QED) is 0.535. The fourth-order valence-electron chi connectivity index (χ4n) is 1.60. The smallest absolute Gasteiger partial charge is 0.277 e. The molecule has 1 aromatic rings. The van der Waals surface area contributed by atoms with Crippen molar-refractivity contribution in [2.45, 2.75) is 39.5 Å². The molecule has 0 atom stereocenters. The van der Waals surface area contributed by atoms with E-state index in [1.807, 2.05) is 6.92 Å². The number of hydrazone groups is 1. The van der Waals surface area contributed by atoms with Gasteiger partial charge in [0, 0.05) is 10.2 Å². The molecular formula is C15H20BrClN2O2. The van der Waals surface area contributed by atoms with Crippen LogP contribution in [0.4, 0.5) is 0 Å². The Morgan fingerprint density at radius 2 is 2.19 bits per heavy atom. The first-order valence-corrected chi connectivity index (χ1v) is 8.16. The number of carbonyl (C=O) groups excluding carboxylic acids is 1. The fourth-order valence-corrected chi connectivity index (χ4v) is 2.33. The van der Waals surface area contributed by atoms with Gasteiger partial charge in [-0.05, 0) is 37.5 Å². The van der Waals surface area contributed by atoms with Crippen LogP contribution >= 0.6 is 27.5 Å². The van der Waals surface area contributed by atoms with Crippen molar-refractivity contribution in [3.05, 3.63) is 27.7 Å². The molecule has 0 aliphatic heterocycles. The summed E-state index contributed by atoms with van der Waals surface area (Å²) in [5.41, 5.74) is 3.51. The summed E-state index contributed by atoms with van der Waals surface area (Å²) in [5, 5.41) is 4.58. The largest absolute Gasteiger partial charge is 0.482 e. The van der Waals surface area contributed by atoms with Gasteiger partial charge in [-0.2, -0.15) is 5.10 Å². The number of halogens is 2. The average Bonchev–Trinajstić information content (AvgIpc) is 2.46. The Labute approximate surface area is 139 Å². The van der Waals surface area contributed by atoms with Gasteiger partial charge in [-0.1, -0.05) is 47.8 Å². The van der Waals surface area contributed by atoms with Crippen LogP contribution in [0.5, 0.6) is 5.75 Å². The Hall–Kier alpha value is -1.07. The summed E-state index contributed by atoms with van der Waals surface area (Å²) in [6.45, 7) is 4.04. The molecule has 0 saturated heterocycles. The van der Waals surface area contributed by atoms with Crippen molar-refractivity contribution in [1.29, 1.82) is 0 Å². The molecule has 0 aliphatic rings. The fraction of sp³-hybridized carbons (Fsp3) is 0.467. The van der Waals surface area contributed by atoms with E-state index in [1.54, 1.807) is 18.2 Å². The lowest BCUT2D eigenvalue weighted by Crippen LogP contribution is -2.25. The number of nitrogens with one attached hydrogen (secondary N) is 1. The normalized spacial score (nSPS) is 11.3. The van der Waals surface area contributed by atoms with E-state index in [4.69, 9.17) is 16.3 Å². The van der Waals surface area contributed by atoms with Gasteiger partial charge in [0.05, 0.1) is 5.02 Å². The van der Waals surface area contributed by atoms with Crippen molar-refractivity contribution < 1.29 is 9.53 Å². The molecule has 0 aliphatic carbocycles. The first kappa shape index (κ1) is 18.0. The molecule has 21 heavy (non-hydrogen) atoms. The van der Waals surface area contributed by atoms with Gasteiger partial charge in [0.1, 0.15) is 5.75 Å². The number of ether oxygens (including phenoxy) is 1. The highest BCUT2D eigenvalue weighted by molar-refractivity contribution is 9.10. The topological polar surface area (TPSA) is 50.7 Å². The molecule has 1 N–H and O–H groups in total. The van der Waals surface area contributed by atoms with Crippen LogP contribution in [0.1, 0.15) is 39.5 Å². The summed E-state index contributed by atoms with van der Waals surface area (Å²) >= 11 is 9.31. The number of hydrogen-bond donors (Lipinski definition) is 1. The van der Waals surface area contributed by atoms with Gasteiger partial charge in [-0.15, -0.1) is 0 Å². The molecule has 1 rings (SSSR count). The molecule has 0 heterocycles. The Kier molecular flexibility index (Phi) is 8.38. The van der Waals surface area contributed by atoms with E-state index in [9.17, 15) is 4.79 Å². The average molecular weight is 376 g/mol. The zero-order valence-corrected chi connectivity index (χ0v) is 14.6. The second kappa shape index (κ2) is 9.79. The van der Waals surface area contributed by atoms with Crippen molar-refractivity contribution in [2.24, 2.45) is 5.10 Å². The molecule has 1 aromatic carbocycles. The minimum Gasteiger partial charge on any atom is -0.482 e. The van der Waals surface area contributed by atoms with Crippen LogP contribution in [0, 0.1) is 0 Å². The minimum absolute atomic E-state index is 0.115. The highest BCUT2D eigenvalue weighted by Gasteiger charge is 2.06. The number of carbonyl (C=O) groups is 1. The summed E-state index contributed by atoms with van der Waals surface area (Å²) in [6.07, 6.45) is 3.93. The standard InChI is InChI=1S/C15H20BrClN2O2/c1-3-5-6-12(4-2)18-19-15(20)10-21-14-8-7-11(16)9-13(14)17/h7-9H,3-6,10H2,1-2H3,(H,19,20)/b18-12+. The second-order valence-corrected chi connectivity index (χ2v) is 5.86. The lowest BCUT2D eigenvalue weighted by molar-refractivity contribution is -0.123. The third kappa shape index (κ3) is 6.96. The Morgan fingerprint density at radius 1 is 1.43 bits per heavy atom. The maximum Gasteiger partial charge on any atom is 0.277 e. The maximum absolute atomic E-state index is 11.7. The first-order valence-electron chi connectivity index (χ1n) is 6.99. The molecule has 0 unspecified atom stereocenters. The lowest BCUT2D eigenvalue weighted by Gasteiger charge is -2.08. The van der Waals surface area contributed by atoms with E-state index in [0.717, 1.165) is 35.9 Å². The van der Waals surface area contributed by atoms with Crippen molar-refractivity contribution in [1.82, 2.24) is 5.43 Å². The SMILES string of the molecule is CCCC/C(CC)=N/NC(=O)COc1ccc(Br)cc1Cl. The predicted molar refractivity (Wildman–Crippen MR) is 90.0 cm³/mol. The monoisotopic (exact) mass is 374 g/mol. The van der Waals surface area contributed by atoms with E-state index < -0.39 is 0 Å². The summed E-state index contributed by atoms with van der Waals surface area (Å²) in [6, 6.07) is 5.23. The molecule has 0 saturated carbocycles. The van der Waals surface area contributed by atoms with E-state index in [0.29, 0.717) is 10.8 Å². The molecule has 0 aromatic heterocycles. The molecule has 0 bridgehead atoms. The molecule has 116 valence electrons. The number of rotatable bonds is 8. The second-order valence-electron chi connectivity index (χ2n) is 4.53. The summed E-state index contributed by atoms with van der Waals surface area (Å²) < 4.78 is 6.23. The van der Waals surface area contributed by atoms with E-state index >= 15 is 0 Å². The van der Waals surface area contributed by atoms with Gasteiger partial charge in [-0.25, -0.2) is 5.43 Å². The highest BCUT2D eigenvalue weighted by Crippen LogP contribution is 2.27. The van der Waals surface area contributed by atoms with Crippen LogP contribution < -0.4 is 10.2 Å². The number of amides is 1. The maximum atomic E-state index is 11.7. The van der Waals surface area contributed by atoms with Gasteiger partial charge >= 0.3 is 0 Å². The van der Waals surface area contributed by atoms with E-state index in [1.165, 1.54) is 0 Å². The number of benzene rings is 1. The van der Waals surface area contributed by atoms with Crippen LogP contribution in [-0.2, 0) is 4.79 Å². The molecule has 6 heteroatoms. The Bertz CT molecular complexity index is 506. The van der Waals surface area contributed by atoms with Crippen molar-refractivity contribution in [3.63, 3.8) is 0 Å². The molecule has 4 nitrogen and oxygen atoms in total. The van der Waals surface area contributed by atoms with Crippen LogP contribution in [-0.4, -0.2) is 18.2 Å². The third-order valence-electron chi connectivity index (χ3n) is 2.82. The van der Waals surface area contributed by atoms with Crippen LogP contribution in [0.2, 0.25) is 5.02 Å². The molecule has 0 spiro atoms. The third-order valence-corrected chi connectivity index (χ3v) is 3.61. The predicted octanol–water partition coefficient (Wildman–Crippen LogP) is 4.55.